The molecular formula is C23H42N4O4. The van der Waals surface area contributed by atoms with Crippen LogP contribution in [0.2, 0.25) is 0 Å². The monoisotopic (exact) mass is 438 g/mol. The lowest BCUT2D eigenvalue weighted by Crippen LogP contribution is -2.59. The molecule has 0 aromatic carbocycles. The van der Waals surface area contributed by atoms with Crippen LogP contribution in [0.15, 0.2) is 0 Å². The van der Waals surface area contributed by atoms with Crippen molar-refractivity contribution in [3.63, 3.8) is 0 Å². The zero-order chi connectivity index (χ0) is 23.0. The van der Waals surface area contributed by atoms with E-state index in [1.165, 1.54) is 39.0 Å². The molecule has 178 valence electrons. The highest BCUT2D eigenvalue weighted by Gasteiger charge is 2.35. The molecule has 2 amide bonds. The summed E-state index contributed by atoms with van der Waals surface area (Å²) in [7, 11) is 0. The summed E-state index contributed by atoms with van der Waals surface area (Å²) in [4.78, 5) is 38.2. The molecule has 1 aliphatic carbocycles. The first-order chi connectivity index (χ1) is 14.8. The van der Waals surface area contributed by atoms with Crippen LogP contribution >= 0.6 is 0 Å². The number of aliphatic hydroxyl groups excluding tert-OH is 1. The SMILES string of the molecule is CCC(C)C(=O)[C@H](CN)NC(=O)[C@@H](NC(=O)C1CNCC(C2CCCCC2)C1)[C@H](C)O. The third kappa shape index (κ3) is 7.26. The first kappa shape index (κ1) is 25.7. The number of amides is 2. The van der Waals surface area contributed by atoms with Gasteiger partial charge in [-0.1, -0.05) is 46.0 Å². The van der Waals surface area contributed by atoms with Gasteiger partial charge in [-0.05, 0) is 38.1 Å². The molecular weight excluding hydrogens is 396 g/mol. The zero-order valence-corrected chi connectivity index (χ0v) is 19.4. The number of hydrogen-bond donors (Lipinski definition) is 5. The van der Waals surface area contributed by atoms with Crippen molar-refractivity contribution < 1.29 is 19.5 Å². The molecule has 6 N–H and O–H groups in total. The highest BCUT2D eigenvalue weighted by atomic mass is 16.3. The van der Waals surface area contributed by atoms with Gasteiger partial charge in [-0.25, -0.2) is 0 Å². The lowest BCUT2D eigenvalue weighted by molar-refractivity contribution is -0.136. The van der Waals surface area contributed by atoms with Crippen molar-refractivity contribution in [2.75, 3.05) is 19.6 Å². The molecule has 0 aromatic heterocycles. The molecule has 0 spiro atoms. The smallest absolute Gasteiger partial charge is 0.245 e. The Bertz CT molecular complexity index is 606. The first-order valence-corrected chi connectivity index (χ1v) is 12.0. The Labute approximate surface area is 186 Å². The highest BCUT2D eigenvalue weighted by molar-refractivity contribution is 5.94. The number of Topliss-reactive ketones (excluding diaryl/α,β-unsaturated/α-hetero) is 1. The molecule has 2 fully saturated rings. The van der Waals surface area contributed by atoms with Gasteiger partial charge in [0.15, 0.2) is 5.78 Å². The van der Waals surface area contributed by atoms with E-state index in [1.54, 1.807) is 6.92 Å². The Kier molecular flexibility index (Phi) is 10.4. The van der Waals surface area contributed by atoms with Gasteiger partial charge < -0.3 is 26.8 Å². The van der Waals surface area contributed by atoms with Crippen LogP contribution in [0.5, 0.6) is 0 Å². The maximum atomic E-state index is 13.0. The summed E-state index contributed by atoms with van der Waals surface area (Å²) in [6.07, 6.45) is 6.64. The average Bonchev–Trinajstić information content (AvgIpc) is 2.80. The molecule has 1 heterocycles. The first-order valence-electron chi connectivity index (χ1n) is 12.0. The minimum atomic E-state index is -1.12. The highest BCUT2D eigenvalue weighted by Crippen LogP contribution is 2.34. The van der Waals surface area contributed by atoms with Crippen LogP contribution in [0.1, 0.15) is 65.7 Å². The van der Waals surface area contributed by atoms with Gasteiger partial charge in [-0.3, -0.25) is 14.4 Å². The Balaban J connectivity index is 1.97. The van der Waals surface area contributed by atoms with E-state index in [4.69, 9.17) is 5.73 Å². The Hall–Kier alpha value is -1.51. The Morgan fingerprint density at radius 2 is 1.74 bits per heavy atom. The van der Waals surface area contributed by atoms with Crippen molar-refractivity contribution in [1.29, 1.82) is 0 Å². The van der Waals surface area contributed by atoms with Crippen LogP contribution in [0.3, 0.4) is 0 Å². The van der Waals surface area contributed by atoms with E-state index in [0.717, 1.165) is 13.0 Å². The minimum Gasteiger partial charge on any atom is -0.391 e. The van der Waals surface area contributed by atoms with Crippen molar-refractivity contribution >= 4 is 17.6 Å². The molecule has 1 saturated carbocycles. The van der Waals surface area contributed by atoms with Gasteiger partial charge in [0.1, 0.15) is 12.1 Å². The van der Waals surface area contributed by atoms with E-state index in [0.29, 0.717) is 24.8 Å². The molecule has 1 aliphatic heterocycles. The van der Waals surface area contributed by atoms with Crippen molar-refractivity contribution in [1.82, 2.24) is 16.0 Å². The second kappa shape index (κ2) is 12.5. The maximum absolute atomic E-state index is 13.0. The lowest BCUT2D eigenvalue weighted by atomic mass is 9.74. The Morgan fingerprint density at radius 1 is 1.06 bits per heavy atom. The molecule has 2 aliphatic rings. The van der Waals surface area contributed by atoms with Crippen LogP contribution < -0.4 is 21.7 Å². The number of ketones is 1. The zero-order valence-electron chi connectivity index (χ0n) is 19.4. The van der Waals surface area contributed by atoms with E-state index in [-0.39, 0.29) is 30.1 Å². The number of nitrogens with two attached hydrogens (primary N) is 1. The van der Waals surface area contributed by atoms with Crippen molar-refractivity contribution in [2.45, 2.75) is 83.9 Å². The largest absolute Gasteiger partial charge is 0.391 e. The molecule has 8 nitrogen and oxygen atoms in total. The standard InChI is InChI=1S/C23H42N4O4/c1-4-14(2)21(29)19(11-24)26-23(31)20(15(3)28)27-22(30)18-10-17(12-25-13-18)16-8-6-5-7-9-16/h14-20,25,28H,4-13,24H2,1-3H3,(H,26,31)(H,27,30)/t14?,15-,17?,18?,19-,20-/m0/s1. The maximum Gasteiger partial charge on any atom is 0.245 e. The van der Waals surface area contributed by atoms with Crippen LogP contribution in [-0.2, 0) is 14.4 Å². The van der Waals surface area contributed by atoms with Crippen molar-refractivity contribution in [3.05, 3.63) is 0 Å². The van der Waals surface area contributed by atoms with Crippen LogP contribution in [0.4, 0.5) is 0 Å². The van der Waals surface area contributed by atoms with E-state index in [1.807, 2.05) is 6.92 Å². The van der Waals surface area contributed by atoms with Crippen LogP contribution in [0.25, 0.3) is 0 Å². The number of rotatable bonds is 10. The average molecular weight is 439 g/mol. The van der Waals surface area contributed by atoms with Crippen molar-refractivity contribution in [3.8, 4) is 0 Å². The predicted molar refractivity (Wildman–Crippen MR) is 120 cm³/mol. The molecule has 8 heteroatoms. The van der Waals surface area contributed by atoms with E-state index >= 15 is 0 Å². The molecule has 3 unspecified atom stereocenters. The molecule has 2 rings (SSSR count). The third-order valence-corrected chi connectivity index (χ3v) is 7.13. The molecule has 6 atom stereocenters. The van der Waals surface area contributed by atoms with Gasteiger partial charge >= 0.3 is 0 Å². The second-order valence-electron chi connectivity index (χ2n) is 9.48. The summed E-state index contributed by atoms with van der Waals surface area (Å²) < 4.78 is 0. The fourth-order valence-corrected chi connectivity index (χ4v) is 4.87. The number of nitrogens with one attached hydrogen (secondary N) is 3. The topological polar surface area (TPSA) is 134 Å². The fraction of sp³-hybridized carbons (Fsp3) is 0.870. The van der Waals surface area contributed by atoms with E-state index < -0.39 is 24.1 Å². The van der Waals surface area contributed by atoms with Gasteiger partial charge in [-0.2, -0.15) is 0 Å². The summed E-state index contributed by atoms with van der Waals surface area (Å²) in [5, 5.41) is 18.9. The van der Waals surface area contributed by atoms with Gasteiger partial charge in [0.2, 0.25) is 11.8 Å². The van der Waals surface area contributed by atoms with Gasteiger partial charge in [0.05, 0.1) is 12.0 Å². The van der Waals surface area contributed by atoms with Gasteiger partial charge in [0.25, 0.3) is 0 Å². The number of piperidine rings is 1. The van der Waals surface area contributed by atoms with Crippen molar-refractivity contribution in [2.24, 2.45) is 29.4 Å². The summed E-state index contributed by atoms with van der Waals surface area (Å²) in [6, 6.07) is -1.95. The summed E-state index contributed by atoms with van der Waals surface area (Å²) in [5.41, 5.74) is 5.70. The summed E-state index contributed by atoms with van der Waals surface area (Å²) in [5.74, 6) is -0.279. The van der Waals surface area contributed by atoms with E-state index in [9.17, 15) is 19.5 Å². The van der Waals surface area contributed by atoms with Gasteiger partial charge in [0, 0.05) is 19.0 Å². The number of hydrogen-bond acceptors (Lipinski definition) is 6. The lowest BCUT2D eigenvalue weighted by Gasteiger charge is -2.37. The molecule has 0 radical (unpaired) electrons. The number of aliphatic hydroxyl groups is 1. The molecule has 0 bridgehead atoms. The number of carbonyl (C=O) groups excluding carboxylic acids is 3. The normalized spacial score (nSPS) is 26.4. The summed E-state index contributed by atoms with van der Waals surface area (Å²) in [6.45, 7) is 6.64. The minimum absolute atomic E-state index is 0.0228. The fourth-order valence-electron chi connectivity index (χ4n) is 4.87. The van der Waals surface area contributed by atoms with Crippen LogP contribution in [0, 0.1) is 23.7 Å². The third-order valence-electron chi connectivity index (χ3n) is 7.13. The predicted octanol–water partition coefficient (Wildman–Crippen LogP) is 0.717. The van der Waals surface area contributed by atoms with Gasteiger partial charge in [-0.15, -0.1) is 0 Å². The number of carbonyl (C=O) groups is 3. The quantitative estimate of drug-likeness (QED) is 0.341. The van der Waals surface area contributed by atoms with Crippen LogP contribution in [-0.4, -0.2) is 60.5 Å². The summed E-state index contributed by atoms with van der Waals surface area (Å²) >= 11 is 0. The molecule has 0 aromatic rings. The Morgan fingerprint density at radius 3 is 2.32 bits per heavy atom. The second-order valence-corrected chi connectivity index (χ2v) is 9.48. The molecule has 1 saturated heterocycles. The van der Waals surface area contributed by atoms with E-state index in [2.05, 4.69) is 16.0 Å². The molecule has 31 heavy (non-hydrogen) atoms.